The number of amides is 2. The van der Waals surface area contributed by atoms with Crippen LogP contribution in [0.1, 0.15) is 59.0 Å². The van der Waals surface area contributed by atoms with Crippen LogP contribution in [0.4, 0.5) is 5.69 Å². The van der Waals surface area contributed by atoms with E-state index in [0.717, 1.165) is 16.9 Å². The van der Waals surface area contributed by atoms with Gasteiger partial charge in [-0.25, -0.2) is 4.90 Å². The molecule has 0 bridgehead atoms. The van der Waals surface area contributed by atoms with Gasteiger partial charge in [0.05, 0.1) is 39.9 Å². The zero-order chi connectivity index (χ0) is 22.0. The molecule has 1 aliphatic rings. The third-order valence-corrected chi connectivity index (χ3v) is 5.59. The van der Waals surface area contributed by atoms with Gasteiger partial charge in [0, 0.05) is 0 Å². The summed E-state index contributed by atoms with van der Waals surface area (Å²) < 4.78 is 4.94. The molecule has 158 valence electrons. The van der Waals surface area contributed by atoms with Gasteiger partial charge in [0.1, 0.15) is 0 Å². The van der Waals surface area contributed by atoms with Crippen LogP contribution < -0.4 is 4.90 Å². The number of anilines is 1. The molecule has 0 aliphatic carbocycles. The fraction of sp³-hybridized carbons (Fsp3) is 0.348. The molecule has 0 spiro atoms. The number of nitrogens with zero attached hydrogens (tertiary/aromatic N) is 1. The Kier molecular flexibility index (Phi) is 6.84. The Bertz CT molecular complexity index is 1020. The summed E-state index contributed by atoms with van der Waals surface area (Å²) in [6.45, 7) is 6.23. The van der Waals surface area contributed by atoms with Crippen molar-refractivity contribution in [1.82, 2.24) is 0 Å². The lowest BCUT2D eigenvalue weighted by Crippen LogP contribution is -2.30. The molecule has 0 saturated carbocycles. The number of ether oxygens (including phenoxy) is 1. The Labute approximate surface area is 185 Å². The normalized spacial score (nSPS) is 13.2. The molecule has 1 heterocycles. The molecule has 2 aromatic carbocycles. The van der Waals surface area contributed by atoms with E-state index in [0.29, 0.717) is 30.1 Å². The van der Waals surface area contributed by atoms with Gasteiger partial charge in [-0.15, -0.1) is 0 Å². The standard InChI is InChI=1S/C23H23Cl2NO4/c1-4-30-19(27)12-14-6-10-18(17(25)11-14)26-22(28)20-15(7-5-13(2)3)8-9-16(24)21(20)23(26)29/h6,8-11,13H,4-5,7,12H2,1-3H3. The average molecular weight is 448 g/mol. The molecule has 0 atom stereocenters. The van der Waals surface area contributed by atoms with E-state index in [1.807, 2.05) is 6.07 Å². The maximum absolute atomic E-state index is 13.2. The summed E-state index contributed by atoms with van der Waals surface area (Å²) in [5.41, 5.74) is 2.27. The largest absolute Gasteiger partial charge is 0.466 e. The highest BCUT2D eigenvalue weighted by molar-refractivity contribution is 6.44. The van der Waals surface area contributed by atoms with E-state index in [4.69, 9.17) is 27.9 Å². The highest BCUT2D eigenvalue weighted by Gasteiger charge is 2.40. The first-order valence-electron chi connectivity index (χ1n) is 9.88. The Balaban J connectivity index is 1.95. The monoisotopic (exact) mass is 447 g/mol. The second kappa shape index (κ2) is 9.19. The van der Waals surface area contributed by atoms with Crippen molar-refractivity contribution in [1.29, 1.82) is 0 Å². The van der Waals surface area contributed by atoms with Crippen LogP contribution in [-0.4, -0.2) is 24.4 Å². The number of rotatable bonds is 7. The lowest BCUT2D eigenvalue weighted by molar-refractivity contribution is -0.142. The minimum atomic E-state index is -0.494. The van der Waals surface area contributed by atoms with E-state index in [-0.39, 0.29) is 33.7 Å². The maximum atomic E-state index is 13.2. The Hall–Kier alpha value is -2.37. The topological polar surface area (TPSA) is 63.7 Å². The number of benzene rings is 2. The van der Waals surface area contributed by atoms with Crippen molar-refractivity contribution < 1.29 is 19.1 Å². The highest BCUT2D eigenvalue weighted by Crippen LogP contribution is 2.38. The van der Waals surface area contributed by atoms with E-state index in [1.165, 1.54) is 0 Å². The van der Waals surface area contributed by atoms with Crippen molar-refractivity contribution in [3.63, 3.8) is 0 Å². The fourth-order valence-electron chi connectivity index (χ4n) is 3.48. The Morgan fingerprint density at radius 3 is 2.37 bits per heavy atom. The van der Waals surface area contributed by atoms with Crippen LogP contribution in [-0.2, 0) is 22.4 Å². The molecular formula is C23H23Cl2NO4. The van der Waals surface area contributed by atoms with Gasteiger partial charge in [-0.3, -0.25) is 14.4 Å². The first kappa shape index (κ1) is 22.3. The molecule has 2 amide bonds. The second-order valence-corrected chi connectivity index (χ2v) is 8.42. The first-order chi connectivity index (χ1) is 14.2. The summed E-state index contributed by atoms with van der Waals surface area (Å²) in [6.07, 6.45) is 1.62. The zero-order valence-corrected chi connectivity index (χ0v) is 18.6. The molecule has 0 aromatic heterocycles. The zero-order valence-electron chi connectivity index (χ0n) is 17.1. The number of hydrogen-bond acceptors (Lipinski definition) is 4. The Morgan fingerprint density at radius 2 is 1.73 bits per heavy atom. The molecule has 0 fully saturated rings. The number of carbonyl (C=O) groups is 3. The van der Waals surface area contributed by atoms with Gasteiger partial charge in [0.15, 0.2) is 0 Å². The third-order valence-electron chi connectivity index (χ3n) is 4.97. The minimum absolute atomic E-state index is 0.0567. The van der Waals surface area contributed by atoms with Crippen LogP contribution in [0.15, 0.2) is 30.3 Å². The first-order valence-corrected chi connectivity index (χ1v) is 10.6. The van der Waals surface area contributed by atoms with Crippen LogP contribution in [0.5, 0.6) is 0 Å². The summed E-state index contributed by atoms with van der Waals surface area (Å²) in [5.74, 6) is -0.840. The molecule has 0 N–H and O–H groups in total. The van der Waals surface area contributed by atoms with E-state index in [1.54, 1.807) is 31.2 Å². The minimum Gasteiger partial charge on any atom is -0.466 e. The van der Waals surface area contributed by atoms with Crippen molar-refractivity contribution in [2.75, 3.05) is 11.5 Å². The van der Waals surface area contributed by atoms with Gasteiger partial charge in [0.25, 0.3) is 11.8 Å². The fourth-order valence-corrected chi connectivity index (χ4v) is 4.01. The lowest BCUT2D eigenvalue weighted by atomic mass is 9.96. The van der Waals surface area contributed by atoms with Gasteiger partial charge in [-0.1, -0.05) is 49.2 Å². The van der Waals surface area contributed by atoms with E-state index < -0.39 is 11.8 Å². The van der Waals surface area contributed by atoms with Crippen molar-refractivity contribution in [2.45, 2.75) is 40.0 Å². The van der Waals surface area contributed by atoms with Gasteiger partial charge >= 0.3 is 5.97 Å². The van der Waals surface area contributed by atoms with Crippen molar-refractivity contribution >= 4 is 46.7 Å². The van der Waals surface area contributed by atoms with Gasteiger partial charge < -0.3 is 4.74 Å². The quantitative estimate of drug-likeness (QED) is 0.415. The molecule has 0 saturated heterocycles. The van der Waals surface area contributed by atoms with Crippen LogP contribution in [0.25, 0.3) is 0 Å². The van der Waals surface area contributed by atoms with Crippen LogP contribution >= 0.6 is 23.2 Å². The number of imide groups is 1. The molecule has 2 aromatic rings. The molecule has 5 nitrogen and oxygen atoms in total. The van der Waals surface area contributed by atoms with Crippen molar-refractivity contribution in [3.8, 4) is 0 Å². The molecule has 30 heavy (non-hydrogen) atoms. The maximum Gasteiger partial charge on any atom is 0.310 e. The van der Waals surface area contributed by atoms with Crippen LogP contribution in [0.2, 0.25) is 10.0 Å². The summed E-state index contributed by atoms with van der Waals surface area (Å²) in [7, 11) is 0. The Morgan fingerprint density at radius 1 is 1.03 bits per heavy atom. The molecule has 0 radical (unpaired) electrons. The number of fused-ring (bicyclic) bond motifs is 1. The van der Waals surface area contributed by atoms with Gasteiger partial charge in [-0.2, -0.15) is 0 Å². The van der Waals surface area contributed by atoms with Gasteiger partial charge in [0.2, 0.25) is 0 Å². The average Bonchev–Trinajstić information content (AvgIpc) is 2.93. The number of halogens is 2. The van der Waals surface area contributed by atoms with Gasteiger partial charge in [-0.05, 0) is 55.0 Å². The van der Waals surface area contributed by atoms with E-state index in [9.17, 15) is 14.4 Å². The molecule has 7 heteroatoms. The third kappa shape index (κ3) is 4.37. The van der Waals surface area contributed by atoms with Crippen LogP contribution in [0, 0.1) is 5.92 Å². The van der Waals surface area contributed by atoms with E-state index in [2.05, 4.69) is 13.8 Å². The molecular weight excluding hydrogens is 425 g/mol. The number of aryl methyl sites for hydroxylation is 1. The summed E-state index contributed by atoms with van der Waals surface area (Å²) >= 11 is 12.7. The molecule has 3 rings (SSSR count). The summed E-state index contributed by atoms with van der Waals surface area (Å²) in [5, 5.41) is 0.445. The summed E-state index contributed by atoms with van der Waals surface area (Å²) in [6, 6.07) is 8.26. The number of esters is 1. The van der Waals surface area contributed by atoms with Crippen molar-refractivity contribution in [3.05, 3.63) is 62.6 Å². The highest BCUT2D eigenvalue weighted by atomic mass is 35.5. The molecule has 1 aliphatic heterocycles. The van der Waals surface area contributed by atoms with Crippen molar-refractivity contribution in [2.24, 2.45) is 5.92 Å². The number of carbonyl (C=O) groups excluding carboxylic acids is 3. The smallest absolute Gasteiger partial charge is 0.310 e. The SMILES string of the molecule is CCOC(=O)Cc1ccc(N2C(=O)c3c(Cl)ccc(CCC(C)C)c3C2=O)c(Cl)c1. The second-order valence-electron chi connectivity index (χ2n) is 7.60. The number of hydrogen-bond donors (Lipinski definition) is 0. The predicted octanol–water partition coefficient (Wildman–Crippen LogP) is 5.49. The predicted molar refractivity (Wildman–Crippen MR) is 118 cm³/mol. The van der Waals surface area contributed by atoms with Crippen LogP contribution in [0.3, 0.4) is 0 Å². The summed E-state index contributed by atoms with van der Waals surface area (Å²) in [4.78, 5) is 39.1. The van der Waals surface area contributed by atoms with E-state index >= 15 is 0 Å². The molecule has 0 unspecified atom stereocenters. The lowest BCUT2D eigenvalue weighted by Gasteiger charge is -2.16.